The van der Waals surface area contributed by atoms with Gasteiger partial charge in [0.05, 0.1) is 0 Å². The highest BCUT2D eigenvalue weighted by molar-refractivity contribution is 5.91. The molecular formula is C30H31BrFN3O. The molecule has 0 spiro atoms. The first kappa shape index (κ1) is 25.8. The van der Waals surface area contributed by atoms with Crippen molar-refractivity contribution in [3.8, 4) is 0 Å². The molecule has 36 heavy (non-hydrogen) atoms. The summed E-state index contributed by atoms with van der Waals surface area (Å²) in [6.07, 6.45) is 6.78. The Hall–Kier alpha value is -3.25. The fraction of sp³-hybridized carbons (Fsp3) is 0.267. The van der Waals surface area contributed by atoms with Crippen molar-refractivity contribution in [2.24, 2.45) is 11.7 Å². The van der Waals surface area contributed by atoms with Crippen LogP contribution < -0.4 is 27.3 Å². The van der Waals surface area contributed by atoms with E-state index in [4.69, 9.17) is 5.73 Å². The van der Waals surface area contributed by atoms with Crippen LogP contribution in [0.2, 0.25) is 0 Å². The Balaban J connectivity index is 0.00000304. The molecule has 0 saturated heterocycles. The number of benzene rings is 3. The van der Waals surface area contributed by atoms with Crippen molar-refractivity contribution < 1.29 is 30.7 Å². The zero-order chi connectivity index (χ0) is 24.4. The van der Waals surface area contributed by atoms with Crippen LogP contribution in [0.3, 0.4) is 0 Å². The molecule has 6 heteroatoms. The van der Waals surface area contributed by atoms with Gasteiger partial charge in [0.2, 0.25) is 5.91 Å². The Labute approximate surface area is 222 Å². The molecule has 0 aliphatic heterocycles. The van der Waals surface area contributed by atoms with Gasteiger partial charge in [0.1, 0.15) is 36.2 Å². The Morgan fingerprint density at radius 2 is 1.56 bits per heavy atom. The van der Waals surface area contributed by atoms with Crippen LogP contribution in [-0.4, -0.2) is 10.5 Å². The van der Waals surface area contributed by atoms with Crippen LogP contribution >= 0.6 is 0 Å². The van der Waals surface area contributed by atoms with E-state index in [1.165, 1.54) is 6.07 Å². The van der Waals surface area contributed by atoms with Crippen molar-refractivity contribution >= 4 is 5.91 Å². The summed E-state index contributed by atoms with van der Waals surface area (Å²) in [4.78, 5) is 13.3. The molecular weight excluding hydrogens is 517 g/mol. The SMILES string of the molecule is Cc1n([C@@H]2CC[C@H](C(C(N)=O)(c3ccccc3)c3ccccc3)C2)cc[n+]1Cc1ccccc1F.[Br-]. The fourth-order valence-electron chi connectivity index (χ4n) is 6.01. The lowest BCUT2D eigenvalue weighted by Crippen LogP contribution is -3.00. The minimum Gasteiger partial charge on any atom is -1.00 e. The molecule has 0 bridgehead atoms. The maximum absolute atomic E-state index is 14.2. The molecule has 1 aliphatic carbocycles. The van der Waals surface area contributed by atoms with E-state index in [2.05, 4.69) is 22.3 Å². The van der Waals surface area contributed by atoms with Crippen LogP contribution in [0.1, 0.15) is 47.8 Å². The monoisotopic (exact) mass is 547 g/mol. The number of amides is 1. The van der Waals surface area contributed by atoms with Gasteiger partial charge in [-0.2, -0.15) is 0 Å². The summed E-state index contributed by atoms with van der Waals surface area (Å²) >= 11 is 0. The highest BCUT2D eigenvalue weighted by Crippen LogP contribution is 2.49. The van der Waals surface area contributed by atoms with E-state index in [0.717, 1.165) is 36.2 Å². The summed E-state index contributed by atoms with van der Waals surface area (Å²) in [5, 5.41) is 0. The molecule has 2 atom stereocenters. The molecule has 1 fully saturated rings. The Bertz CT molecular complexity index is 1280. The normalized spacial score (nSPS) is 17.5. The third kappa shape index (κ3) is 4.50. The minimum atomic E-state index is -0.887. The van der Waals surface area contributed by atoms with Gasteiger partial charge in [-0.05, 0) is 42.4 Å². The van der Waals surface area contributed by atoms with Crippen LogP contribution in [0.25, 0.3) is 0 Å². The largest absolute Gasteiger partial charge is 1.00 e. The Kier molecular flexibility index (Phi) is 7.74. The van der Waals surface area contributed by atoms with E-state index in [-0.39, 0.29) is 40.7 Å². The molecule has 3 aromatic carbocycles. The zero-order valence-corrected chi connectivity index (χ0v) is 21.9. The standard InChI is InChI=1S/C30H30FN3O.BrH/c1-22-33(21-23-10-8-9-15-28(23)31)18-19-34(22)27-17-16-26(20-27)30(29(32)35,24-11-4-2-5-12-24)25-13-6-3-7-14-25;/h2-15,18-19,26-27H,16-17,20-21H2,1H3,(H-,32,35);1H/t26-,27+;/m0./s1. The highest BCUT2D eigenvalue weighted by atomic mass is 79.9. The molecule has 4 nitrogen and oxygen atoms in total. The zero-order valence-electron chi connectivity index (χ0n) is 20.4. The fourth-order valence-corrected chi connectivity index (χ4v) is 6.01. The summed E-state index contributed by atoms with van der Waals surface area (Å²) in [5.41, 5.74) is 7.93. The molecule has 1 aromatic heterocycles. The lowest BCUT2D eigenvalue weighted by Gasteiger charge is -2.37. The summed E-state index contributed by atoms with van der Waals surface area (Å²) in [7, 11) is 0. The summed E-state index contributed by atoms with van der Waals surface area (Å²) in [6, 6.07) is 27.1. The first-order valence-corrected chi connectivity index (χ1v) is 12.2. The molecule has 0 radical (unpaired) electrons. The molecule has 4 aromatic rings. The highest BCUT2D eigenvalue weighted by Gasteiger charge is 2.51. The number of halogens is 2. The number of imidazole rings is 1. The van der Waals surface area contributed by atoms with Crippen molar-refractivity contribution in [2.75, 3.05) is 0 Å². The number of carbonyl (C=O) groups is 1. The third-order valence-corrected chi connectivity index (χ3v) is 7.75. The van der Waals surface area contributed by atoms with Crippen LogP contribution in [0.5, 0.6) is 0 Å². The maximum Gasteiger partial charge on any atom is 0.253 e. The van der Waals surface area contributed by atoms with E-state index in [1.54, 1.807) is 6.07 Å². The van der Waals surface area contributed by atoms with Gasteiger partial charge < -0.3 is 22.7 Å². The van der Waals surface area contributed by atoms with Crippen LogP contribution in [0.4, 0.5) is 4.39 Å². The van der Waals surface area contributed by atoms with Crippen molar-refractivity contribution in [1.29, 1.82) is 0 Å². The first-order valence-electron chi connectivity index (χ1n) is 12.2. The van der Waals surface area contributed by atoms with Gasteiger partial charge in [0, 0.05) is 12.5 Å². The van der Waals surface area contributed by atoms with Crippen LogP contribution in [0.15, 0.2) is 97.3 Å². The van der Waals surface area contributed by atoms with Crippen LogP contribution in [-0.2, 0) is 16.8 Å². The molecule has 5 rings (SSSR count). The summed E-state index contributed by atoms with van der Waals surface area (Å²) in [5.74, 6) is 0.643. The molecule has 1 aliphatic rings. The van der Waals surface area contributed by atoms with Gasteiger partial charge in [-0.15, -0.1) is 0 Å². The lowest BCUT2D eigenvalue weighted by molar-refractivity contribution is -0.694. The van der Waals surface area contributed by atoms with Crippen molar-refractivity contribution in [3.63, 3.8) is 0 Å². The quantitative estimate of drug-likeness (QED) is 0.354. The van der Waals surface area contributed by atoms with Crippen molar-refractivity contribution in [1.82, 2.24) is 4.57 Å². The number of aromatic nitrogens is 2. The Morgan fingerprint density at radius 1 is 0.972 bits per heavy atom. The topological polar surface area (TPSA) is 51.9 Å². The average Bonchev–Trinajstić information content (AvgIpc) is 3.49. The predicted molar refractivity (Wildman–Crippen MR) is 134 cm³/mol. The van der Waals surface area contributed by atoms with Crippen LogP contribution in [0, 0.1) is 18.7 Å². The molecule has 1 amide bonds. The molecule has 1 saturated carbocycles. The maximum atomic E-state index is 14.2. The Morgan fingerprint density at radius 3 is 2.14 bits per heavy atom. The van der Waals surface area contributed by atoms with Crippen molar-refractivity contribution in [3.05, 3.63) is 126 Å². The second kappa shape index (κ2) is 10.8. The third-order valence-electron chi connectivity index (χ3n) is 7.75. The van der Waals surface area contributed by atoms with Gasteiger partial charge in [-0.3, -0.25) is 4.79 Å². The summed E-state index contributed by atoms with van der Waals surface area (Å²) < 4.78 is 18.6. The van der Waals surface area contributed by atoms with E-state index in [9.17, 15) is 9.18 Å². The average molecular weight is 549 g/mol. The second-order valence-corrected chi connectivity index (χ2v) is 9.54. The van der Waals surface area contributed by atoms with Gasteiger partial charge >= 0.3 is 0 Å². The number of nitrogens with two attached hydrogens (primary N) is 1. The number of hydrogen-bond donors (Lipinski definition) is 1. The number of nitrogens with zero attached hydrogens (tertiary/aromatic N) is 2. The smallest absolute Gasteiger partial charge is 0.253 e. The van der Waals surface area contributed by atoms with Crippen molar-refractivity contribution in [2.45, 2.75) is 44.2 Å². The first-order chi connectivity index (χ1) is 17.0. The van der Waals surface area contributed by atoms with E-state index >= 15 is 0 Å². The number of carbonyl (C=O) groups excluding carboxylic acids is 1. The van der Waals surface area contributed by atoms with Gasteiger partial charge in [-0.25, -0.2) is 13.5 Å². The van der Waals surface area contributed by atoms with Gasteiger partial charge in [-0.1, -0.05) is 78.9 Å². The number of hydrogen-bond acceptors (Lipinski definition) is 1. The summed E-state index contributed by atoms with van der Waals surface area (Å²) in [6.45, 7) is 2.56. The molecule has 1 heterocycles. The molecule has 2 N–H and O–H groups in total. The van der Waals surface area contributed by atoms with E-state index in [1.807, 2.05) is 79.0 Å². The predicted octanol–water partition coefficient (Wildman–Crippen LogP) is 2.09. The second-order valence-electron chi connectivity index (χ2n) is 9.54. The minimum absolute atomic E-state index is 0. The van der Waals surface area contributed by atoms with E-state index < -0.39 is 5.41 Å². The number of primary amides is 1. The molecule has 186 valence electrons. The molecule has 0 unspecified atom stereocenters. The van der Waals surface area contributed by atoms with Gasteiger partial charge in [0.25, 0.3) is 5.82 Å². The van der Waals surface area contributed by atoms with E-state index in [0.29, 0.717) is 12.1 Å². The number of rotatable bonds is 7. The lowest BCUT2D eigenvalue weighted by atomic mass is 9.64. The van der Waals surface area contributed by atoms with Gasteiger partial charge in [0.15, 0.2) is 0 Å².